The topological polar surface area (TPSA) is 44.8 Å². The van der Waals surface area contributed by atoms with Crippen LogP contribution >= 0.6 is 0 Å². The molecule has 0 N–H and O–H groups in total. The molecule has 3 aliphatic carbocycles. The first-order chi connectivity index (χ1) is 8.78. The van der Waals surface area contributed by atoms with Gasteiger partial charge in [-0.25, -0.2) is 4.79 Å². The normalized spacial score (nSPS) is 42.4. The molecular formula is C14H16O4. The lowest BCUT2D eigenvalue weighted by molar-refractivity contribution is -0.190. The van der Waals surface area contributed by atoms with Crippen molar-refractivity contribution in [2.24, 2.45) is 23.7 Å². The summed E-state index contributed by atoms with van der Waals surface area (Å²) in [5.74, 6) is 0.296. The number of fused-ring (bicyclic) bond motifs is 3. The largest absolute Gasteiger partial charge is 0.466 e. The number of hydrogen-bond acceptors (Lipinski definition) is 4. The van der Waals surface area contributed by atoms with Gasteiger partial charge in [-0.1, -0.05) is 18.2 Å². The molecule has 1 saturated heterocycles. The number of carbonyl (C=O) groups excluding carboxylic acids is 1. The number of allylic oxidation sites excluding steroid dienone is 2. The van der Waals surface area contributed by atoms with Crippen molar-refractivity contribution in [3.8, 4) is 0 Å². The molecule has 4 unspecified atom stereocenters. The standard InChI is InChI=1S/C14H16O4/c1-16-13(15)10-7-11-8-3-2-4-9(8)12(10)14(11)17-5-6-18-14/h2-3,7-9,11-12H,4-6H2,1H3. The SMILES string of the molecule is COC(=O)C1=CC2C3C=CCC3C1C21OCCO1. The van der Waals surface area contributed by atoms with Gasteiger partial charge in [0.05, 0.1) is 20.3 Å². The highest BCUT2D eigenvalue weighted by Crippen LogP contribution is 2.63. The van der Waals surface area contributed by atoms with E-state index in [9.17, 15) is 4.79 Å². The summed E-state index contributed by atoms with van der Waals surface area (Å²) in [6, 6.07) is 0. The minimum atomic E-state index is -0.580. The van der Waals surface area contributed by atoms with Crippen molar-refractivity contribution in [3.05, 3.63) is 23.8 Å². The molecule has 4 atom stereocenters. The number of rotatable bonds is 1. The second-order valence-corrected chi connectivity index (χ2v) is 5.44. The minimum absolute atomic E-state index is 0.0393. The van der Waals surface area contributed by atoms with E-state index in [1.165, 1.54) is 7.11 Å². The van der Waals surface area contributed by atoms with E-state index in [0.717, 1.165) is 12.0 Å². The van der Waals surface area contributed by atoms with Crippen LogP contribution in [0.4, 0.5) is 0 Å². The van der Waals surface area contributed by atoms with E-state index in [4.69, 9.17) is 14.2 Å². The Hall–Kier alpha value is -1.13. The van der Waals surface area contributed by atoms with Crippen LogP contribution in [0.2, 0.25) is 0 Å². The molecule has 2 bridgehead atoms. The van der Waals surface area contributed by atoms with Crippen LogP contribution < -0.4 is 0 Å². The average molecular weight is 248 g/mol. The van der Waals surface area contributed by atoms with Gasteiger partial charge in [-0.2, -0.15) is 0 Å². The third-order valence-corrected chi connectivity index (χ3v) is 4.86. The average Bonchev–Trinajstić information content (AvgIpc) is 3.12. The van der Waals surface area contributed by atoms with E-state index in [1.807, 2.05) is 6.08 Å². The molecule has 18 heavy (non-hydrogen) atoms. The zero-order valence-corrected chi connectivity index (χ0v) is 10.3. The van der Waals surface area contributed by atoms with Gasteiger partial charge in [0, 0.05) is 17.4 Å². The highest BCUT2D eigenvalue weighted by atomic mass is 16.7. The Kier molecular flexibility index (Phi) is 2.07. The van der Waals surface area contributed by atoms with E-state index >= 15 is 0 Å². The Bertz CT molecular complexity index is 458. The maximum absolute atomic E-state index is 11.9. The first kappa shape index (κ1) is 10.8. The van der Waals surface area contributed by atoms with Crippen molar-refractivity contribution >= 4 is 5.97 Å². The van der Waals surface area contributed by atoms with Gasteiger partial charge >= 0.3 is 5.97 Å². The first-order valence-corrected chi connectivity index (χ1v) is 6.52. The highest BCUT2D eigenvalue weighted by Gasteiger charge is 2.68. The number of esters is 1. The van der Waals surface area contributed by atoms with Gasteiger partial charge in [0.25, 0.3) is 0 Å². The van der Waals surface area contributed by atoms with Gasteiger partial charge in [-0.05, 0) is 18.3 Å². The fourth-order valence-corrected chi connectivity index (χ4v) is 4.31. The molecule has 2 fully saturated rings. The third kappa shape index (κ3) is 1.06. The van der Waals surface area contributed by atoms with Crippen molar-refractivity contribution in [3.63, 3.8) is 0 Å². The molecule has 4 heteroatoms. The molecule has 0 aromatic carbocycles. The van der Waals surface area contributed by atoms with E-state index in [1.54, 1.807) is 0 Å². The van der Waals surface area contributed by atoms with E-state index in [2.05, 4.69) is 12.2 Å². The van der Waals surface area contributed by atoms with Gasteiger partial charge in [0.15, 0.2) is 5.79 Å². The van der Waals surface area contributed by atoms with Crippen molar-refractivity contribution in [2.75, 3.05) is 20.3 Å². The van der Waals surface area contributed by atoms with Crippen molar-refractivity contribution in [1.82, 2.24) is 0 Å². The summed E-state index contributed by atoms with van der Waals surface area (Å²) in [6.07, 6.45) is 7.51. The van der Waals surface area contributed by atoms with Crippen molar-refractivity contribution in [1.29, 1.82) is 0 Å². The predicted molar refractivity (Wildman–Crippen MR) is 62.5 cm³/mol. The molecular weight excluding hydrogens is 232 g/mol. The molecule has 1 aliphatic heterocycles. The maximum Gasteiger partial charge on any atom is 0.333 e. The van der Waals surface area contributed by atoms with Gasteiger partial charge in [0.1, 0.15) is 0 Å². The zero-order valence-electron chi connectivity index (χ0n) is 10.3. The van der Waals surface area contributed by atoms with Crippen LogP contribution in [0.5, 0.6) is 0 Å². The van der Waals surface area contributed by atoms with Crippen LogP contribution in [0.3, 0.4) is 0 Å². The van der Waals surface area contributed by atoms with E-state index in [-0.39, 0.29) is 17.8 Å². The Morgan fingerprint density at radius 1 is 1.44 bits per heavy atom. The number of ether oxygens (including phenoxy) is 3. The first-order valence-electron chi connectivity index (χ1n) is 6.52. The summed E-state index contributed by atoms with van der Waals surface area (Å²) in [6.45, 7) is 1.25. The van der Waals surface area contributed by atoms with Gasteiger partial charge in [-0.3, -0.25) is 0 Å². The summed E-state index contributed by atoms with van der Waals surface area (Å²) in [5, 5.41) is 0. The zero-order chi connectivity index (χ0) is 12.3. The summed E-state index contributed by atoms with van der Waals surface area (Å²) in [4.78, 5) is 11.9. The predicted octanol–water partition coefficient (Wildman–Crippen LogP) is 1.28. The van der Waals surface area contributed by atoms with Crippen molar-refractivity contribution < 1.29 is 19.0 Å². The van der Waals surface area contributed by atoms with Crippen LogP contribution in [0.25, 0.3) is 0 Å². The number of carbonyl (C=O) groups is 1. The van der Waals surface area contributed by atoms with Gasteiger partial charge in [0.2, 0.25) is 0 Å². The Labute approximate surface area is 106 Å². The molecule has 4 aliphatic rings. The third-order valence-electron chi connectivity index (χ3n) is 4.86. The second kappa shape index (κ2) is 3.45. The van der Waals surface area contributed by atoms with Crippen LogP contribution in [-0.4, -0.2) is 32.1 Å². The van der Waals surface area contributed by atoms with Crippen LogP contribution in [0.1, 0.15) is 6.42 Å². The van der Waals surface area contributed by atoms with E-state index < -0.39 is 5.79 Å². The molecule has 0 aromatic rings. The lowest BCUT2D eigenvalue weighted by Crippen LogP contribution is -2.39. The maximum atomic E-state index is 11.9. The van der Waals surface area contributed by atoms with Gasteiger partial charge < -0.3 is 14.2 Å². The van der Waals surface area contributed by atoms with Crippen LogP contribution in [-0.2, 0) is 19.0 Å². The fourth-order valence-electron chi connectivity index (χ4n) is 4.31. The Morgan fingerprint density at radius 3 is 2.94 bits per heavy atom. The summed E-state index contributed by atoms with van der Waals surface area (Å²) in [5.41, 5.74) is 0.759. The minimum Gasteiger partial charge on any atom is -0.466 e. The number of methoxy groups -OCH3 is 1. The summed E-state index contributed by atoms with van der Waals surface area (Å²) < 4.78 is 16.8. The Morgan fingerprint density at radius 2 is 2.22 bits per heavy atom. The molecule has 0 aromatic heterocycles. The molecule has 4 nitrogen and oxygen atoms in total. The van der Waals surface area contributed by atoms with E-state index in [0.29, 0.717) is 25.0 Å². The molecule has 1 spiro atoms. The monoisotopic (exact) mass is 248 g/mol. The molecule has 96 valence electrons. The quantitative estimate of drug-likeness (QED) is 0.518. The smallest absolute Gasteiger partial charge is 0.333 e. The van der Waals surface area contributed by atoms with Crippen LogP contribution in [0, 0.1) is 23.7 Å². The molecule has 4 rings (SSSR count). The number of hydrogen-bond donors (Lipinski definition) is 0. The Balaban J connectivity index is 1.79. The molecule has 1 heterocycles. The lowest BCUT2D eigenvalue weighted by atomic mass is 9.81. The fraction of sp³-hybridized carbons (Fsp3) is 0.643. The molecule has 0 radical (unpaired) electrons. The van der Waals surface area contributed by atoms with Crippen LogP contribution in [0.15, 0.2) is 23.8 Å². The van der Waals surface area contributed by atoms with Gasteiger partial charge in [-0.15, -0.1) is 0 Å². The lowest BCUT2D eigenvalue weighted by Gasteiger charge is -2.30. The summed E-state index contributed by atoms with van der Waals surface area (Å²) in [7, 11) is 1.43. The molecule has 0 amide bonds. The van der Waals surface area contributed by atoms with Crippen molar-refractivity contribution in [2.45, 2.75) is 12.2 Å². The molecule has 1 saturated carbocycles. The summed E-state index contributed by atoms with van der Waals surface area (Å²) >= 11 is 0. The second-order valence-electron chi connectivity index (χ2n) is 5.44. The highest BCUT2D eigenvalue weighted by molar-refractivity contribution is 5.90.